The molecule has 1 aromatic rings. The summed E-state index contributed by atoms with van der Waals surface area (Å²) in [5.74, 6) is 0.349. The summed E-state index contributed by atoms with van der Waals surface area (Å²) in [5.41, 5.74) is 7.63. The number of rotatable bonds is 6. The summed E-state index contributed by atoms with van der Waals surface area (Å²) in [6.45, 7) is 7.89. The van der Waals surface area contributed by atoms with E-state index in [2.05, 4.69) is 16.9 Å². The first-order chi connectivity index (χ1) is 10.9. The fraction of sp³-hybridized carbons (Fsp3) is 0.438. The summed E-state index contributed by atoms with van der Waals surface area (Å²) in [6, 6.07) is 6.82. The van der Waals surface area contributed by atoms with Gasteiger partial charge in [0, 0.05) is 19.6 Å². The summed E-state index contributed by atoms with van der Waals surface area (Å²) in [4.78, 5) is 4.55. The van der Waals surface area contributed by atoms with Crippen LogP contribution < -0.4 is 11.1 Å². The zero-order valence-corrected chi connectivity index (χ0v) is 14.3. The molecule has 1 heterocycles. The summed E-state index contributed by atoms with van der Waals surface area (Å²) >= 11 is 0. The fourth-order valence-electron chi connectivity index (χ4n) is 2.32. The van der Waals surface area contributed by atoms with Crippen LogP contribution in [0.3, 0.4) is 0 Å². The summed E-state index contributed by atoms with van der Waals surface area (Å²) in [6.07, 6.45) is 1.87. The van der Waals surface area contributed by atoms with E-state index in [-0.39, 0.29) is 0 Å². The topological polar surface area (TPSA) is 87.8 Å². The minimum absolute atomic E-state index is 0.334. The van der Waals surface area contributed by atoms with Crippen LogP contribution in [0, 0.1) is 0 Å². The Morgan fingerprint density at radius 2 is 1.91 bits per heavy atom. The maximum Gasteiger partial charge on any atom is 0.243 e. The number of benzene rings is 1. The van der Waals surface area contributed by atoms with Gasteiger partial charge in [-0.2, -0.15) is 4.31 Å². The van der Waals surface area contributed by atoms with E-state index in [9.17, 15) is 8.42 Å². The Kier molecular flexibility index (Phi) is 5.79. The highest BCUT2D eigenvalue weighted by Crippen LogP contribution is 2.21. The molecule has 3 N–H and O–H groups in total. The van der Waals surface area contributed by atoms with Gasteiger partial charge in [-0.1, -0.05) is 24.3 Å². The molecular weight excluding hydrogens is 312 g/mol. The van der Waals surface area contributed by atoms with Crippen LogP contribution in [0.25, 0.3) is 0 Å². The van der Waals surface area contributed by atoms with Gasteiger partial charge in [-0.15, -0.1) is 0 Å². The Morgan fingerprint density at radius 1 is 1.30 bits per heavy atom. The molecule has 126 valence electrons. The van der Waals surface area contributed by atoms with Crippen molar-refractivity contribution in [3.05, 3.63) is 42.0 Å². The molecule has 0 atom stereocenters. The minimum atomic E-state index is -3.35. The van der Waals surface area contributed by atoms with Crippen LogP contribution in [-0.4, -0.2) is 38.3 Å². The first-order valence-electron chi connectivity index (χ1n) is 7.67. The monoisotopic (exact) mass is 336 g/mol. The third-order valence-corrected chi connectivity index (χ3v) is 5.54. The molecule has 0 saturated carbocycles. The van der Waals surface area contributed by atoms with E-state index >= 15 is 0 Å². The van der Waals surface area contributed by atoms with Gasteiger partial charge in [-0.3, -0.25) is 0 Å². The SMILES string of the molecule is C=C(C)CNC(N)=NCc1ccc(S(=O)(=O)N2CCCC2)cc1. The number of nitrogens with zero attached hydrogens (tertiary/aromatic N) is 2. The normalized spacial score (nSPS) is 16.5. The average Bonchev–Trinajstić information content (AvgIpc) is 3.06. The maximum atomic E-state index is 12.4. The lowest BCUT2D eigenvalue weighted by molar-refractivity contribution is 0.477. The van der Waals surface area contributed by atoms with Gasteiger partial charge >= 0.3 is 0 Å². The molecule has 23 heavy (non-hydrogen) atoms. The van der Waals surface area contributed by atoms with E-state index in [0.717, 1.165) is 24.0 Å². The Labute approximate surface area is 138 Å². The lowest BCUT2D eigenvalue weighted by atomic mass is 10.2. The van der Waals surface area contributed by atoms with Crippen LogP contribution in [0.2, 0.25) is 0 Å². The van der Waals surface area contributed by atoms with Gasteiger partial charge < -0.3 is 11.1 Å². The predicted molar refractivity (Wildman–Crippen MR) is 92.6 cm³/mol. The highest BCUT2D eigenvalue weighted by Gasteiger charge is 2.26. The fourth-order valence-corrected chi connectivity index (χ4v) is 3.84. The van der Waals surface area contributed by atoms with Crippen molar-refractivity contribution in [2.24, 2.45) is 10.7 Å². The van der Waals surface area contributed by atoms with Crippen molar-refractivity contribution in [2.75, 3.05) is 19.6 Å². The van der Waals surface area contributed by atoms with E-state index in [0.29, 0.717) is 37.0 Å². The molecule has 1 aliphatic rings. The second-order valence-corrected chi connectivity index (χ2v) is 7.71. The van der Waals surface area contributed by atoms with Crippen LogP contribution >= 0.6 is 0 Å². The third-order valence-electron chi connectivity index (χ3n) is 3.63. The molecule has 0 spiro atoms. The molecule has 0 aromatic heterocycles. The second kappa shape index (κ2) is 7.61. The molecular formula is C16H24N4O2S. The molecule has 0 amide bonds. The Hall–Kier alpha value is -1.86. The molecule has 1 aliphatic heterocycles. The van der Waals surface area contributed by atoms with Crippen molar-refractivity contribution in [1.82, 2.24) is 9.62 Å². The highest BCUT2D eigenvalue weighted by atomic mass is 32.2. The maximum absolute atomic E-state index is 12.4. The van der Waals surface area contributed by atoms with Crippen LogP contribution in [0.15, 0.2) is 46.3 Å². The summed E-state index contributed by atoms with van der Waals surface area (Å²) in [7, 11) is -3.35. The van der Waals surface area contributed by atoms with Gasteiger partial charge in [0.1, 0.15) is 0 Å². The van der Waals surface area contributed by atoms with Gasteiger partial charge in [-0.25, -0.2) is 13.4 Å². The van der Waals surface area contributed by atoms with E-state index in [1.807, 2.05) is 6.92 Å². The van der Waals surface area contributed by atoms with Crippen molar-refractivity contribution in [2.45, 2.75) is 31.2 Å². The number of nitrogens with two attached hydrogens (primary N) is 1. The molecule has 1 aromatic carbocycles. The Morgan fingerprint density at radius 3 is 2.48 bits per heavy atom. The molecule has 0 radical (unpaired) electrons. The summed E-state index contributed by atoms with van der Waals surface area (Å²) < 4.78 is 26.4. The van der Waals surface area contributed by atoms with Gasteiger partial charge in [0.2, 0.25) is 10.0 Å². The van der Waals surface area contributed by atoms with E-state index in [4.69, 9.17) is 5.73 Å². The van der Waals surface area contributed by atoms with E-state index in [1.165, 1.54) is 0 Å². The average molecular weight is 336 g/mol. The lowest BCUT2D eigenvalue weighted by Crippen LogP contribution is -2.32. The van der Waals surface area contributed by atoms with Crippen molar-refractivity contribution in [3.63, 3.8) is 0 Å². The minimum Gasteiger partial charge on any atom is -0.370 e. The van der Waals surface area contributed by atoms with Crippen molar-refractivity contribution in [3.8, 4) is 0 Å². The zero-order chi connectivity index (χ0) is 16.9. The molecule has 0 unspecified atom stereocenters. The molecule has 1 fully saturated rings. The van der Waals surface area contributed by atoms with Crippen LogP contribution in [0.5, 0.6) is 0 Å². The molecule has 6 nitrogen and oxygen atoms in total. The number of nitrogens with one attached hydrogen (secondary N) is 1. The number of guanidine groups is 1. The van der Waals surface area contributed by atoms with Crippen molar-refractivity contribution in [1.29, 1.82) is 0 Å². The van der Waals surface area contributed by atoms with Gasteiger partial charge in [-0.05, 0) is 37.5 Å². The number of hydrogen-bond acceptors (Lipinski definition) is 3. The van der Waals surface area contributed by atoms with Crippen LogP contribution in [-0.2, 0) is 16.6 Å². The second-order valence-electron chi connectivity index (χ2n) is 5.77. The molecule has 2 rings (SSSR count). The molecule has 1 saturated heterocycles. The number of sulfonamides is 1. The quantitative estimate of drug-likeness (QED) is 0.467. The highest BCUT2D eigenvalue weighted by molar-refractivity contribution is 7.89. The molecule has 0 bridgehead atoms. The Balaban J connectivity index is 1.99. The molecule has 0 aliphatic carbocycles. The van der Waals surface area contributed by atoms with E-state index < -0.39 is 10.0 Å². The van der Waals surface area contributed by atoms with Gasteiger partial charge in [0.25, 0.3) is 0 Å². The summed E-state index contributed by atoms with van der Waals surface area (Å²) in [5, 5.41) is 2.95. The van der Waals surface area contributed by atoms with Gasteiger partial charge in [0.15, 0.2) is 5.96 Å². The van der Waals surface area contributed by atoms with Gasteiger partial charge in [0.05, 0.1) is 11.4 Å². The first kappa shape index (κ1) is 17.5. The standard InChI is InChI=1S/C16H24N4O2S/c1-13(2)11-18-16(17)19-12-14-5-7-15(8-6-14)23(21,22)20-9-3-4-10-20/h5-8H,1,3-4,9-12H2,2H3,(H3,17,18,19). The van der Waals surface area contributed by atoms with Crippen LogP contribution in [0.4, 0.5) is 0 Å². The van der Waals surface area contributed by atoms with Crippen LogP contribution in [0.1, 0.15) is 25.3 Å². The predicted octanol–water partition coefficient (Wildman–Crippen LogP) is 1.45. The number of aliphatic imine (C=N–C) groups is 1. The Bertz CT molecular complexity index is 675. The third kappa shape index (κ3) is 4.80. The van der Waals surface area contributed by atoms with E-state index in [1.54, 1.807) is 28.6 Å². The largest absolute Gasteiger partial charge is 0.370 e. The zero-order valence-electron chi connectivity index (χ0n) is 13.5. The molecule has 7 heteroatoms. The van der Waals surface area contributed by atoms with Crippen molar-refractivity contribution >= 4 is 16.0 Å². The smallest absolute Gasteiger partial charge is 0.243 e. The lowest BCUT2D eigenvalue weighted by Gasteiger charge is -2.15. The first-order valence-corrected chi connectivity index (χ1v) is 9.11. The van der Waals surface area contributed by atoms with Crippen molar-refractivity contribution < 1.29 is 8.42 Å². The number of hydrogen-bond donors (Lipinski definition) is 2.